The molecule has 0 saturated carbocycles. The molecule has 2 aromatic carbocycles. The lowest BCUT2D eigenvalue weighted by molar-refractivity contribution is -0.278. The van der Waals surface area contributed by atoms with Crippen molar-refractivity contribution in [3.05, 3.63) is 46.6 Å². The number of carbonyl (C=O) groups is 2. The van der Waals surface area contributed by atoms with Gasteiger partial charge in [-0.1, -0.05) is 0 Å². The summed E-state index contributed by atoms with van der Waals surface area (Å²) in [5, 5.41) is 68.8. The second kappa shape index (κ2) is 10.5. The highest BCUT2D eigenvalue weighted by atomic mass is 16.7. The van der Waals surface area contributed by atoms with E-state index in [4.69, 9.17) is 23.7 Å². The number of aliphatic hydroxyl groups excluding tert-OH is 3. The predicted molar refractivity (Wildman–Crippen MR) is 123 cm³/mol. The number of aliphatic carboxylic acids is 1. The Bertz CT molecular complexity index is 1430. The van der Waals surface area contributed by atoms with Crippen LogP contribution in [0.1, 0.15) is 6.42 Å². The number of fused-ring (bicyclic) bond motifs is 1. The van der Waals surface area contributed by atoms with E-state index in [1.807, 2.05) is 0 Å². The summed E-state index contributed by atoms with van der Waals surface area (Å²) in [6.07, 6.45) is -9.39. The van der Waals surface area contributed by atoms with E-state index in [-0.39, 0.29) is 28.0 Å². The van der Waals surface area contributed by atoms with Crippen molar-refractivity contribution in [2.75, 3.05) is 6.61 Å². The van der Waals surface area contributed by atoms with E-state index in [0.29, 0.717) is 0 Å². The number of phenolic OH excluding ortho intramolecular Hbond substituents is 3. The molecule has 1 fully saturated rings. The number of carbonyl (C=O) groups excluding carboxylic acids is 1. The molecule has 5 unspecified atom stereocenters. The van der Waals surface area contributed by atoms with Crippen molar-refractivity contribution < 1.29 is 64.0 Å². The third kappa shape index (κ3) is 5.47. The Morgan fingerprint density at radius 1 is 0.895 bits per heavy atom. The van der Waals surface area contributed by atoms with Gasteiger partial charge in [0.1, 0.15) is 65.7 Å². The fourth-order valence-corrected chi connectivity index (χ4v) is 3.77. The summed E-state index contributed by atoms with van der Waals surface area (Å²) in [5.41, 5.74) is -0.581. The SMILES string of the molecule is O=C(O)CC(=O)OCC1OC(Oc2cc(O)c3c(=O)cc(-c4ccc(O)c(O)c4)oc3c2)C(O)C(O)C1O. The zero-order chi connectivity index (χ0) is 27.7. The first kappa shape index (κ1) is 26.7. The molecule has 4 rings (SSSR count). The topological polar surface area (TPSA) is 234 Å². The monoisotopic (exact) mass is 534 g/mol. The minimum atomic E-state index is -1.82. The number of carboxylic acids is 1. The normalized spacial score (nSPS) is 23.2. The minimum absolute atomic E-state index is 0.0231. The lowest BCUT2D eigenvalue weighted by atomic mass is 9.99. The van der Waals surface area contributed by atoms with Gasteiger partial charge in [-0.3, -0.25) is 14.4 Å². The second-order valence-corrected chi connectivity index (χ2v) is 8.38. The maximum Gasteiger partial charge on any atom is 0.317 e. The molecule has 0 radical (unpaired) electrons. The first-order chi connectivity index (χ1) is 17.9. The molecule has 202 valence electrons. The van der Waals surface area contributed by atoms with Gasteiger partial charge in [0.15, 0.2) is 16.9 Å². The summed E-state index contributed by atoms with van der Waals surface area (Å²) < 4.78 is 21.3. The quantitative estimate of drug-likeness (QED) is 0.118. The zero-order valence-electron chi connectivity index (χ0n) is 19.3. The van der Waals surface area contributed by atoms with Gasteiger partial charge in [0.25, 0.3) is 0 Å². The molecule has 0 amide bonds. The smallest absolute Gasteiger partial charge is 0.317 e. The van der Waals surface area contributed by atoms with Gasteiger partial charge in [-0.05, 0) is 18.2 Å². The van der Waals surface area contributed by atoms with Gasteiger partial charge >= 0.3 is 11.9 Å². The number of hydrogen-bond donors (Lipinski definition) is 7. The lowest BCUT2D eigenvalue weighted by Crippen LogP contribution is -2.60. The molecule has 14 nitrogen and oxygen atoms in total. The number of phenols is 3. The number of ether oxygens (including phenoxy) is 3. The van der Waals surface area contributed by atoms with E-state index in [2.05, 4.69) is 0 Å². The van der Waals surface area contributed by atoms with Crippen LogP contribution in [0.4, 0.5) is 0 Å². The Morgan fingerprint density at radius 2 is 1.63 bits per heavy atom. The van der Waals surface area contributed by atoms with Crippen LogP contribution in [0, 0.1) is 0 Å². The Balaban J connectivity index is 1.60. The number of hydrogen-bond acceptors (Lipinski definition) is 13. The number of aliphatic hydroxyl groups is 3. The van der Waals surface area contributed by atoms with E-state index in [1.165, 1.54) is 18.2 Å². The number of esters is 1. The number of carboxylic acid groups (broad SMARTS) is 1. The molecule has 0 spiro atoms. The van der Waals surface area contributed by atoms with Crippen LogP contribution in [0.3, 0.4) is 0 Å². The summed E-state index contributed by atoms with van der Waals surface area (Å²) >= 11 is 0. The second-order valence-electron chi connectivity index (χ2n) is 8.38. The molecule has 2 heterocycles. The van der Waals surface area contributed by atoms with Gasteiger partial charge in [0.2, 0.25) is 6.29 Å². The molecule has 38 heavy (non-hydrogen) atoms. The molecule has 1 saturated heterocycles. The molecule has 0 bridgehead atoms. The van der Waals surface area contributed by atoms with Crippen LogP contribution in [-0.2, 0) is 19.1 Å². The number of aromatic hydroxyl groups is 3. The summed E-state index contributed by atoms with van der Waals surface area (Å²) in [7, 11) is 0. The molecular weight excluding hydrogens is 512 g/mol. The summed E-state index contributed by atoms with van der Waals surface area (Å²) in [5.74, 6) is -4.20. The third-order valence-electron chi connectivity index (χ3n) is 5.67. The molecule has 5 atom stereocenters. The Labute approximate surface area is 212 Å². The molecular formula is C24H22O14. The average molecular weight is 534 g/mol. The van der Waals surface area contributed by atoms with Crippen LogP contribution < -0.4 is 10.2 Å². The van der Waals surface area contributed by atoms with Crippen molar-refractivity contribution in [2.24, 2.45) is 0 Å². The van der Waals surface area contributed by atoms with E-state index < -0.39 is 78.3 Å². The summed E-state index contributed by atoms with van der Waals surface area (Å²) in [4.78, 5) is 34.7. The first-order valence-corrected chi connectivity index (χ1v) is 11.0. The molecule has 3 aromatic rings. The average Bonchev–Trinajstić information content (AvgIpc) is 2.84. The molecule has 1 aliphatic rings. The molecule has 1 aromatic heterocycles. The maximum atomic E-state index is 12.6. The van der Waals surface area contributed by atoms with Crippen LogP contribution in [0.2, 0.25) is 0 Å². The van der Waals surface area contributed by atoms with Crippen LogP contribution in [0.5, 0.6) is 23.0 Å². The molecule has 1 aliphatic heterocycles. The van der Waals surface area contributed by atoms with Crippen LogP contribution >= 0.6 is 0 Å². The van der Waals surface area contributed by atoms with Crippen molar-refractivity contribution in [1.29, 1.82) is 0 Å². The first-order valence-electron chi connectivity index (χ1n) is 11.0. The van der Waals surface area contributed by atoms with E-state index in [9.17, 15) is 45.0 Å². The van der Waals surface area contributed by atoms with Gasteiger partial charge in [0.05, 0.1) is 0 Å². The lowest BCUT2D eigenvalue weighted by Gasteiger charge is -2.39. The number of benzene rings is 2. The van der Waals surface area contributed by atoms with Crippen LogP contribution in [-0.4, -0.2) is 85.0 Å². The van der Waals surface area contributed by atoms with Crippen molar-refractivity contribution >= 4 is 22.9 Å². The van der Waals surface area contributed by atoms with Gasteiger partial charge in [-0.15, -0.1) is 0 Å². The highest BCUT2D eigenvalue weighted by molar-refractivity contribution is 5.90. The van der Waals surface area contributed by atoms with Crippen molar-refractivity contribution in [2.45, 2.75) is 37.1 Å². The van der Waals surface area contributed by atoms with Gasteiger partial charge in [-0.2, -0.15) is 0 Å². The fourth-order valence-electron chi connectivity index (χ4n) is 3.77. The van der Waals surface area contributed by atoms with Gasteiger partial charge in [0, 0.05) is 23.8 Å². The van der Waals surface area contributed by atoms with E-state index in [0.717, 1.165) is 18.2 Å². The molecule has 7 N–H and O–H groups in total. The zero-order valence-corrected chi connectivity index (χ0v) is 19.3. The summed E-state index contributed by atoms with van der Waals surface area (Å²) in [6, 6.07) is 6.97. The number of rotatable bonds is 7. The predicted octanol–water partition coefficient (Wildman–Crippen LogP) is -0.219. The summed E-state index contributed by atoms with van der Waals surface area (Å²) in [6.45, 7) is -0.669. The largest absolute Gasteiger partial charge is 0.507 e. The minimum Gasteiger partial charge on any atom is -0.507 e. The van der Waals surface area contributed by atoms with Crippen molar-refractivity contribution in [3.63, 3.8) is 0 Å². The highest BCUT2D eigenvalue weighted by Crippen LogP contribution is 2.35. The van der Waals surface area contributed by atoms with Crippen molar-refractivity contribution in [3.8, 4) is 34.3 Å². The van der Waals surface area contributed by atoms with E-state index in [1.54, 1.807) is 0 Å². The fraction of sp³-hybridized carbons (Fsp3) is 0.292. The Hall–Kier alpha value is -4.37. The highest BCUT2D eigenvalue weighted by Gasteiger charge is 2.45. The standard InChI is InChI=1S/C24H22O14/c25-11-2-1-9(3-12(11)26)15-6-14(28)20-13(27)4-10(5-16(20)37-15)36-24-23(34)22(33)21(32)17(38-24)8-35-19(31)7-18(29)30/h1-6,17,21-27,32-34H,7-8H2,(H,29,30). The Morgan fingerprint density at radius 3 is 2.32 bits per heavy atom. The van der Waals surface area contributed by atoms with Crippen LogP contribution in [0.25, 0.3) is 22.3 Å². The van der Waals surface area contributed by atoms with E-state index >= 15 is 0 Å². The maximum absolute atomic E-state index is 12.6. The molecule has 14 heteroatoms. The third-order valence-corrected chi connectivity index (χ3v) is 5.67. The van der Waals surface area contributed by atoms with Gasteiger partial charge < -0.3 is 54.4 Å². The van der Waals surface area contributed by atoms with Crippen LogP contribution in [0.15, 0.2) is 45.6 Å². The van der Waals surface area contributed by atoms with Gasteiger partial charge in [-0.25, -0.2) is 0 Å². The van der Waals surface area contributed by atoms with Crippen molar-refractivity contribution in [1.82, 2.24) is 0 Å². The Kier molecular flexibility index (Phi) is 7.41. The molecule has 0 aliphatic carbocycles.